The minimum atomic E-state index is 0.0813. The van der Waals surface area contributed by atoms with Gasteiger partial charge in [-0.2, -0.15) is 0 Å². The molecule has 1 aliphatic rings. The molecule has 0 aromatic heterocycles. The van der Waals surface area contributed by atoms with Gasteiger partial charge in [0, 0.05) is 13.1 Å². The lowest BCUT2D eigenvalue weighted by Crippen LogP contribution is -2.49. The van der Waals surface area contributed by atoms with Gasteiger partial charge >= 0.3 is 0 Å². The van der Waals surface area contributed by atoms with Gasteiger partial charge in [0.2, 0.25) is 5.91 Å². The number of carbonyl (C=O) groups excluding carboxylic acids is 1. The Balaban J connectivity index is 2.47. The number of nitrogens with zero attached hydrogens (tertiary/aromatic N) is 1. The number of carbonyl (C=O) groups is 1. The van der Waals surface area contributed by atoms with Gasteiger partial charge in [-0.1, -0.05) is 26.7 Å². The molecule has 16 heavy (non-hydrogen) atoms. The second-order valence-electron chi connectivity index (χ2n) is 4.89. The fourth-order valence-electron chi connectivity index (χ4n) is 2.16. The van der Waals surface area contributed by atoms with Crippen molar-refractivity contribution in [1.29, 1.82) is 0 Å². The van der Waals surface area contributed by atoms with Crippen molar-refractivity contribution in [3.63, 3.8) is 0 Å². The molecule has 1 heterocycles. The number of amides is 1. The first-order valence-corrected chi connectivity index (χ1v) is 6.71. The van der Waals surface area contributed by atoms with E-state index in [4.69, 9.17) is 0 Å². The second-order valence-corrected chi connectivity index (χ2v) is 4.89. The number of nitrogens with one attached hydrogen (secondary N) is 1. The lowest BCUT2D eigenvalue weighted by molar-refractivity contribution is -0.134. The molecule has 1 aliphatic heterocycles. The van der Waals surface area contributed by atoms with E-state index in [0.717, 1.165) is 32.5 Å². The molecule has 1 rings (SSSR count). The molecule has 0 aliphatic carbocycles. The van der Waals surface area contributed by atoms with E-state index in [2.05, 4.69) is 26.1 Å². The van der Waals surface area contributed by atoms with Gasteiger partial charge in [0.05, 0.1) is 6.04 Å². The lowest BCUT2D eigenvalue weighted by atomic mass is 10.0. The van der Waals surface area contributed by atoms with Crippen LogP contribution in [-0.2, 0) is 4.79 Å². The van der Waals surface area contributed by atoms with Gasteiger partial charge in [0.1, 0.15) is 0 Å². The average Bonchev–Trinajstić information content (AvgIpc) is 2.35. The molecule has 0 spiro atoms. The van der Waals surface area contributed by atoms with Crippen LogP contribution in [0.5, 0.6) is 0 Å². The zero-order chi connectivity index (χ0) is 12.0. The quantitative estimate of drug-likeness (QED) is 0.778. The van der Waals surface area contributed by atoms with Gasteiger partial charge in [-0.15, -0.1) is 0 Å². The van der Waals surface area contributed by atoms with Crippen LogP contribution in [0.1, 0.15) is 46.5 Å². The number of rotatable bonds is 5. The van der Waals surface area contributed by atoms with E-state index >= 15 is 0 Å². The van der Waals surface area contributed by atoms with Crippen molar-refractivity contribution in [2.24, 2.45) is 5.92 Å². The predicted octanol–water partition coefficient (Wildman–Crippen LogP) is 2.02. The van der Waals surface area contributed by atoms with Gasteiger partial charge in [-0.3, -0.25) is 4.79 Å². The maximum Gasteiger partial charge on any atom is 0.239 e. The predicted molar refractivity (Wildman–Crippen MR) is 67.4 cm³/mol. The fraction of sp³-hybridized carbons (Fsp3) is 0.923. The van der Waals surface area contributed by atoms with E-state index in [1.807, 2.05) is 4.90 Å². The van der Waals surface area contributed by atoms with Crippen molar-refractivity contribution in [3.8, 4) is 0 Å². The molecule has 3 nitrogen and oxygen atoms in total. The van der Waals surface area contributed by atoms with E-state index < -0.39 is 0 Å². The zero-order valence-electron chi connectivity index (χ0n) is 11.0. The van der Waals surface area contributed by atoms with Crippen LogP contribution in [0.25, 0.3) is 0 Å². The molecule has 0 radical (unpaired) electrons. The van der Waals surface area contributed by atoms with Crippen LogP contribution in [-0.4, -0.2) is 36.5 Å². The van der Waals surface area contributed by atoms with Crippen LogP contribution in [0.15, 0.2) is 0 Å². The molecule has 0 saturated carbocycles. The van der Waals surface area contributed by atoms with Crippen LogP contribution in [0.4, 0.5) is 0 Å². The SMILES string of the molecule is CCC(C)CN(CC)C(=O)[C@@H]1CCCCN1. The van der Waals surface area contributed by atoms with E-state index in [0.29, 0.717) is 11.8 Å². The van der Waals surface area contributed by atoms with E-state index in [1.54, 1.807) is 0 Å². The maximum atomic E-state index is 12.2. The normalized spacial score (nSPS) is 22.8. The largest absolute Gasteiger partial charge is 0.341 e. The number of likely N-dealkylation sites (N-methyl/N-ethyl adjacent to an activating group) is 1. The third kappa shape index (κ3) is 3.78. The zero-order valence-corrected chi connectivity index (χ0v) is 11.0. The Morgan fingerprint density at radius 3 is 2.69 bits per heavy atom. The minimum Gasteiger partial charge on any atom is -0.341 e. The standard InChI is InChI=1S/C13H26N2O/c1-4-11(3)10-15(5-2)13(16)12-8-6-7-9-14-12/h11-12,14H,4-10H2,1-3H3/t11?,12-/m0/s1. The molecule has 1 amide bonds. The Bertz CT molecular complexity index is 212. The highest BCUT2D eigenvalue weighted by Gasteiger charge is 2.25. The summed E-state index contributed by atoms with van der Waals surface area (Å²) in [6.07, 6.45) is 4.54. The van der Waals surface area contributed by atoms with Crippen molar-refractivity contribution < 1.29 is 4.79 Å². The van der Waals surface area contributed by atoms with E-state index in [-0.39, 0.29) is 6.04 Å². The Labute approximate surface area is 99.6 Å². The Hall–Kier alpha value is -0.570. The molecular weight excluding hydrogens is 200 g/mol. The number of hydrogen-bond acceptors (Lipinski definition) is 2. The molecular formula is C13H26N2O. The summed E-state index contributed by atoms with van der Waals surface area (Å²) in [4.78, 5) is 14.3. The van der Waals surface area contributed by atoms with Crippen molar-refractivity contribution in [3.05, 3.63) is 0 Å². The molecule has 2 atom stereocenters. The molecule has 1 unspecified atom stereocenters. The lowest BCUT2D eigenvalue weighted by Gasteiger charge is -2.30. The van der Waals surface area contributed by atoms with Crippen LogP contribution < -0.4 is 5.32 Å². The van der Waals surface area contributed by atoms with Gasteiger partial charge in [0.15, 0.2) is 0 Å². The molecule has 0 aromatic rings. The van der Waals surface area contributed by atoms with Crippen LogP contribution >= 0.6 is 0 Å². The van der Waals surface area contributed by atoms with Crippen molar-refractivity contribution in [1.82, 2.24) is 10.2 Å². The summed E-state index contributed by atoms with van der Waals surface area (Å²) < 4.78 is 0. The van der Waals surface area contributed by atoms with Gasteiger partial charge in [-0.25, -0.2) is 0 Å². The molecule has 94 valence electrons. The first-order chi connectivity index (χ1) is 7.69. The van der Waals surface area contributed by atoms with Gasteiger partial charge in [0.25, 0.3) is 0 Å². The second kappa shape index (κ2) is 6.89. The highest BCUT2D eigenvalue weighted by atomic mass is 16.2. The molecule has 1 fully saturated rings. The number of hydrogen-bond donors (Lipinski definition) is 1. The van der Waals surface area contributed by atoms with Crippen molar-refractivity contribution in [2.75, 3.05) is 19.6 Å². The van der Waals surface area contributed by atoms with Crippen molar-refractivity contribution in [2.45, 2.75) is 52.5 Å². The minimum absolute atomic E-state index is 0.0813. The van der Waals surface area contributed by atoms with Gasteiger partial charge in [-0.05, 0) is 32.2 Å². The fourth-order valence-corrected chi connectivity index (χ4v) is 2.16. The van der Waals surface area contributed by atoms with Gasteiger partial charge < -0.3 is 10.2 Å². The summed E-state index contributed by atoms with van der Waals surface area (Å²) in [6.45, 7) is 9.21. The monoisotopic (exact) mass is 226 g/mol. The Morgan fingerprint density at radius 1 is 1.44 bits per heavy atom. The third-order valence-electron chi connectivity index (χ3n) is 3.53. The Kier molecular flexibility index (Phi) is 5.81. The van der Waals surface area contributed by atoms with Crippen molar-refractivity contribution >= 4 is 5.91 Å². The van der Waals surface area contributed by atoms with Crippen LogP contribution in [0.3, 0.4) is 0 Å². The average molecular weight is 226 g/mol. The Morgan fingerprint density at radius 2 is 2.19 bits per heavy atom. The third-order valence-corrected chi connectivity index (χ3v) is 3.53. The highest BCUT2D eigenvalue weighted by Crippen LogP contribution is 2.12. The summed E-state index contributed by atoms with van der Waals surface area (Å²) in [7, 11) is 0. The van der Waals surface area contributed by atoms with Crippen LogP contribution in [0.2, 0.25) is 0 Å². The summed E-state index contributed by atoms with van der Waals surface area (Å²) in [5, 5.41) is 3.33. The first kappa shape index (κ1) is 13.5. The smallest absolute Gasteiger partial charge is 0.239 e. The maximum absolute atomic E-state index is 12.2. The first-order valence-electron chi connectivity index (χ1n) is 6.71. The number of piperidine rings is 1. The topological polar surface area (TPSA) is 32.3 Å². The molecule has 1 saturated heterocycles. The van der Waals surface area contributed by atoms with E-state index in [1.165, 1.54) is 12.8 Å². The summed E-state index contributed by atoms with van der Waals surface area (Å²) in [5.74, 6) is 0.912. The van der Waals surface area contributed by atoms with Crippen LogP contribution in [0, 0.1) is 5.92 Å². The summed E-state index contributed by atoms with van der Waals surface area (Å²) in [5.41, 5.74) is 0. The molecule has 3 heteroatoms. The summed E-state index contributed by atoms with van der Waals surface area (Å²) in [6, 6.07) is 0.0813. The van der Waals surface area contributed by atoms with E-state index in [9.17, 15) is 4.79 Å². The molecule has 0 bridgehead atoms. The summed E-state index contributed by atoms with van der Waals surface area (Å²) >= 11 is 0. The molecule has 0 aromatic carbocycles. The highest BCUT2D eigenvalue weighted by molar-refractivity contribution is 5.82. The molecule has 1 N–H and O–H groups in total.